The molecule has 0 amide bonds. The van der Waals surface area contributed by atoms with Gasteiger partial charge in [-0.15, -0.1) is 0 Å². The third-order valence-electron chi connectivity index (χ3n) is 1.96. The number of hydrogen-bond donors (Lipinski definition) is 1. The van der Waals surface area contributed by atoms with Crippen LogP contribution in [-0.2, 0) is 0 Å². The molecule has 46 valence electrons. The largest absolute Gasteiger partial charge is 0.324 e. The summed E-state index contributed by atoms with van der Waals surface area (Å²) in [5, 5.41) is 0. The molecule has 0 aromatic rings. The summed E-state index contributed by atoms with van der Waals surface area (Å²) < 4.78 is 0. The van der Waals surface area contributed by atoms with E-state index in [4.69, 9.17) is 5.73 Å². The van der Waals surface area contributed by atoms with Gasteiger partial charge in [0.1, 0.15) is 0 Å². The number of hydrogen-bond acceptors (Lipinski definition) is 1. The lowest BCUT2D eigenvalue weighted by atomic mass is 9.65. The molecule has 0 aromatic heterocycles. The SMILES string of the molecule is C=C1CC(C)(C)C1N. The van der Waals surface area contributed by atoms with Crippen LogP contribution in [0.15, 0.2) is 12.2 Å². The summed E-state index contributed by atoms with van der Waals surface area (Å²) in [5.41, 5.74) is 7.23. The molecule has 1 nitrogen and oxygen atoms in total. The highest BCUT2D eigenvalue weighted by Crippen LogP contribution is 2.41. The van der Waals surface area contributed by atoms with Crippen molar-refractivity contribution in [2.45, 2.75) is 26.3 Å². The number of rotatable bonds is 0. The van der Waals surface area contributed by atoms with Crippen LogP contribution in [0, 0.1) is 5.41 Å². The zero-order valence-electron chi connectivity index (χ0n) is 5.57. The first kappa shape index (κ1) is 5.83. The van der Waals surface area contributed by atoms with E-state index in [2.05, 4.69) is 20.4 Å². The van der Waals surface area contributed by atoms with E-state index in [1.807, 2.05) is 0 Å². The first-order valence-corrected chi connectivity index (χ1v) is 2.97. The Labute approximate surface area is 50.6 Å². The van der Waals surface area contributed by atoms with Gasteiger partial charge in [0.05, 0.1) is 0 Å². The fourth-order valence-corrected chi connectivity index (χ4v) is 1.23. The molecule has 1 heteroatoms. The van der Waals surface area contributed by atoms with Gasteiger partial charge >= 0.3 is 0 Å². The van der Waals surface area contributed by atoms with Gasteiger partial charge in [-0.05, 0) is 11.8 Å². The second-order valence-corrected chi connectivity index (χ2v) is 3.30. The summed E-state index contributed by atoms with van der Waals surface area (Å²) in [4.78, 5) is 0. The Balaban J connectivity index is 2.60. The third-order valence-corrected chi connectivity index (χ3v) is 1.96. The van der Waals surface area contributed by atoms with E-state index in [0.29, 0.717) is 5.41 Å². The molecule has 1 atom stereocenters. The normalized spacial score (nSPS) is 34.4. The molecule has 1 unspecified atom stereocenters. The van der Waals surface area contributed by atoms with Crippen LogP contribution in [0.2, 0.25) is 0 Å². The zero-order valence-corrected chi connectivity index (χ0v) is 5.57. The van der Waals surface area contributed by atoms with Gasteiger partial charge in [0, 0.05) is 6.04 Å². The van der Waals surface area contributed by atoms with Gasteiger partial charge in [-0.2, -0.15) is 0 Å². The van der Waals surface area contributed by atoms with E-state index in [9.17, 15) is 0 Å². The van der Waals surface area contributed by atoms with Crippen LogP contribution in [0.25, 0.3) is 0 Å². The van der Waals surface area contributed by atoms with Gasteiger partial charge in [-0.1, -0.05) is 26.0 Å². The van der Waals surface area contributed by atoms with Crippen molar-refractivity contribution in [3.05, 3.63) is 12.2 Å². The van der Waals surface area contributed by atoms with Crippen LogP contribution >= 0.6 is 0 Å². The van der Waals surface area contributed by atoms with E-state index >= 15 is 0 Å². The van der Waals surface area contributed by atoms with Crippen molar-refractivity contribution >= 4 is 0 Å². The molecule has 1 aliphatic rings. The molecule has 1 saturated carbocycles. The third kappa shape index (κ3) is 0.583. The van der Waals surface area contributed by atoms with Gasteiger partial charge in [-0.25, -0.2) is 0 Å². The van der Waals surface area contributed by atoms with Crippen LogP contribution in [0.3, 0.4) is 0 Å². The van der Waals surface area contributed by atoms with Crippen LogP contribution < -0.4 is 5.73 Å². The summed E-state index contributed by atoms with van der Waals surface area (Å²) in [7, 11) is 0. The molecular formula is C7H13N. The molecule has 8 heavy (non-hydrogen) atoms. The standard InChI is InChI=1S/C7H13N/c1-5-4-7(2,3)6(5)8/h6H,1,4,8H2,2-3H3. The quantitative estimate of drug-likeness (QED) is 0.468. The highest BCUT2D eigenvalue weighted by molar-refractivity contribution is 5.22. The molecule has 2 N–H and O–H groups in total. The molecule has 0 heterocycles. The average Bonchev–Trinajstić information content (AvgIpc) is 1.65. The summed E-state index contributed by atoms with van der Waals surface area (Å²) in [6.07, 6.45) is 1.11. The van der Waals surface area contributed by atoms with Gasteiger partial charge in [0.2, 0.25) is 0 Å². The molecule has 0 aliphatic heterocycles. The molecule has 0 bridgehead atoms. The van der Waals surface area contributed by atoms with Crippen molar-refractivity contribution in [3.8, 4) is 0 Å². The van der Waals surface area contributed by atoms with Gasteiger partial charge in [0.15, 0.2) is 0 Å². The molecule has 1 fully saturated rings. The van der Waals surface area contributed by atoms with Crippen LogP contribution in [-0.4, -0.2) is 6.04 Å². The molecule has 0 saturated heterocycles. The van der Waals surface area contributed by atoms with Crippen molar-refractivity contribution in [1.29, 1.82) is 0 Å². The van der Waals surface area contributed by atoms with Crippen LogP contribution in [0.5, 0.6) is 0 Å². The lowest BCUT2D eigenvalue weighted by molar-refractivity contribution is 0.225. The Kier molecular flexibility index (Phi) is 0.984. The first-order chi connectivity index (χ1) is 3.54. The number of nitrogens with two attached hydrogens (primary N) is 1. The maximum atomic E-state index is 5.70. The average molecular weight is 111 g/mol. The molecule has 0 spiro atoms. The lowest BCUT2D eigenvalue weighted by Gasteiger charge is -2.44. The predicted octanol–water partition coefficient (Wildman–Crippen LogP) is 1.30. The van der Waals surface area contributed by atoms with Gasteiger partial charge in [0.25, 0.3) is 0 Å². The Morgan fingerprint density at radius 1 is 1.75 bits per heavy atom. The highest BCUT2D eigenvalue weighted by Gasteiger charge is 2.38. The summed E-state index contributed by atoms with van der Waals surface area (Å²) in [6, 6.07) is 0.252. The minimum atomic E-state index is 0.252. The van der Waals surface area contributed by atoms with E-state index in [1.54, 1.807) is 0 Å². The van der Waals surface area contributed by atoms with E-state index in [0.717, 1.165) is 6.42 Å². The maximum Gasteiger partial charge on any atom is 0.0306 e. The second-order valence-electron chi connectivity index (χ2n) is 3.30. The van der Waals surface area contributed by atoms with Crippen molar-refractivity contribution in [1.82, 2.24) is 0 Å². The minimum Gasteiger partial charge on any atom is -0.324 e. The van der Waals surface area contributed by atoms with Crippen molar-refractivity contribution in [3.63, 3.8) is 0 Å². The van der Waals surface area contributed by atoms with Crippen molar-refractivity contribution in [2.24, 2.45) is 11.1 Å². The lowest BCUT2D eigenvalue weighted by Crippen LogP contribution is -2.48. The Hall–Kier alpha value is -0.300. The second kappa shape index (κ2) is 1.35. The fourth-order valence-electron chi connectivity index (χ4n) is 1.23. The Morgan fingerprint density at radius 2 is 2.25 bits per heavy atom. The molecule has 1 aliphatic carbocycles. The predicted molar refractivity (Wildman–Crippen MR) is 35.5 cm³/mol. The molecule has 0 aromatic carbocycles. The molecular weight excluding hydrogens is 98.1 g/mol. The minimum absolute atomic E-state index is 0.252. The Morgan fingerprint density at radius 3 is 2.25 bits per heavy atom. The molecule has 0 radical (unpaired) electrons. The fraction of sp³-hybridized carbons (Fsp3) is 0.714. The van der Waals surface area contributed by atoms with E-state index in [-0.39, 0.29) is 6.04 Å². The Bertz CT molecular complexity index is 124. The smallest absolute Gasteiger partial charge is 0.0306 e. The van der Waals surface area contributed by atoms with E-state index in [1.165, 1.54) is 5.57 Å². The summed E-state index contributed by atoms with van der Waals surface area (Å²) >= 11 is 0. The monoisotopic (exact) mass is 111 g/mol. The van der Waals surface area contributed by atoms with Gasteiger partial charge in [-0.3, -0.25) is 0 Å². The van der Waals surface area contributed by atoms with Gasteiger partial charge < -0.3 is 5.73 Å². The molecule has 1 rings (SSSR count). The van der Waals surface area contributed by atoms with Crippen LogP contribution in [0.1, 0.15) is 20.3 Å². The van der Waals surface area contributed by atoms with Crippen molar-refractivity contribution < 1.29 is 0 Å². The maximum absolute atomic E-state index is 5.70. The highest BCUT2D eigenvalue weighted by atomic mass is 14.7. The van der Waals surface area contributed by atoms with Crippen LogP contribution in [0.4, 0.5) is 0 Å². The first-order valence-electron chi connectivity index (χ1n) is 2.97. The van der Waals surface area contributed by atoms with Crippen molar-refractivity contribution in [2.75, 3.05) is 0 Å². The topological polar surface area (TPSA) is 26.0 Å². The van der Waals surface area contributed by atoms with E-state index < -0.39 is 0 Å². The zero-order chi connectivity index (χ0) is 6.36. The summed E-state index contributed by atoms with van der Waals surface area (Å²) in [5.74, 6) is 0. The summed E-state index contributed by atoms with van der Waals surface area (Å²) in [6.45, 7) is 8.16.